The molecule has 0 aliphatic carbocycles. The number of thioether (sulfide) groups is 1. The monoisotopic (exact) mass is 594 g/mol. The van der Waals surface area contributed by atoms with Crippen molar-refractivity contribution in [3.63, 3.8) is 0 Å². The molecule has 1 amide bonds. The second kappa shape index (κ2) is 14.2. The normalized spacial score (nSPS) is 11.0. The molecule has 0 saturated carbocycles. The second-order valence-corrected chi connectivity index (χ2v) is 10.2. The molecule has 218 valence electrons. The van der Waals surface area contributed by atoms with Crippen molar-refractivity contribution in [3.8, 4) is 22.9 Å². The van der Waals surface area contributed by atoms with Crippen molar-refractivity contribution in [2.24, 2.45) is 5.10 Å². The molecule has 0 bridgehead atoms. The predicted octanol–water partition coefficient (Wildman–Crippen LogP) is 5.61. The summed E-state index contributed by atoms with van der Waals surface area (Å²) < 4.78 is 18.4. The minimum Gasteiger partial charge on any atom is -0.494 e. The molecular weight excluding hydrogens is 564 g/mol. The standard InChI is InChI=1S/C33H30N4O5S/c1-3-41-26-16-14-25(15-17-26)37-32(39)27-11-7-8-12-28(27)35-33(37)43-22-31(38)36-34-20-24-13-18-29(40-2)30(19-24)42-21-23-9-5-4-6-10-23/h4-20H,3,21-22H2,1-2H3,(H,36,38). The van der Waals surface area contributed by atoms with Crippen LogP contribution < -0.4 is 25.2 Å². The van der Waals surface area contributed by atoms with E-state index < -0.39 is 0 Å². The van der Waals surface area contributed by atoms with Gasteiger partial charge in [0.15, 0.2) is 16.7 Å². The number of benzene rings is 4. The molecule has 0 atom stereocenters. The van der Waals surface area contributed by atoms with Gasteiger partial charge < -0.3 is 14.2 Å². The minimum atomic E-state index is -0.351. The van der Waals surface area contributed by atoms with E-state index in [-0.39, 0.29) is 17.2 Å². The smallest absolute Gasteiger partial charge is 0.266 e. The number of hydrogen-bond donors (Lipinski definition) is 1. The number of nitrogens with one attached hydrogen (secondary N) is 1. The van der Waals surface area contributed by atoms with Crippen molar-refractivity contribution in [1.29, 1.82) is 0 Å². The van der Waals surface area contributed by atoms with Crippen LogP contribution in [0.4, 0.5) is 0 Å². The van der Waals surface area contributed by atoms with Crippen molar-refractivity contribution in [2.75, 3.05) is 19.5 Å². The van der Waals surface area contributed by atoms with Crippen LogP contribution in [0.5, 0.6) is 17.2 Å². The van der Waals surface area contributed by atoms with Crippen LogP contribution in [0.25, 0.3) is 16.6 Å². The number of methoxy groups -OCH3 is 1. The zero-order chi connectivity index (χ0) is 30.0. The lowest BCUT2D eigenvalue weighted by molar-refractivity contribution is -0.118. The molecule has 0 saturated heterocycles. The number of ether oxygens (including phenoxy) is 3. The van der Waals surface area contributed by atoms with Crippen LogP contribution in [0, 0.1) is 0 Å². The summed E-state index contributed by atoms with van der Waals surface area (Å²) in [5.74, 6) is 1.50. The Morgan fingerprint density at radius 1 is 0.953 bits per heavy atom. The fraction of sp³-hybridized carbons (Fsp3) is 0.152. The Hall–Kier alpha value is -5.09. The fourth-order valence-corrected chi connectivity index (χ4v) is 5.06. The lowest BCUT2D eigenvalue weighted by Crippen LogP contribution is -2.24. The van der Waals surface area contributed by atoms with Crippen LogP contribution in [-0.2, 0) is 11.4 Å². The largest absolute Gasteiger partial charge is 0.494 e. The lowest BCUT2D eigenvalue weighted by atomic mass is 10.2. The predicted molar refractivity (Wildman–Crippen MR) is 169 cm³/mol. The molecule has 0 spiro atoms. The molecule has 0 aliphatic heterocycles. The Kier molecular flexibility index (Phi) is 9.71. The van der Waals surface area contributed by atoms with E-state index in [1.807, 2.05) is 49.4 Å². The number of nitrogens with zero attached hydrogens (tertiary/aromatic N) is 3. The molecular formula is C33H30N4O5S. The molecule has 10 heteroatoms. The summed E-state index contributed by atoms with van der Waals surface area (Å²) in [5.41, 5.74) is 5.25. The molecule has 1 N–H and O–H groups in total. The van der Waals surface area contributed by atoms with E-state index in [0.717, 1.165) is 22.9 Å². The topological polar surface area (TPSA) is 104 Å². The zero-order valence-corrected chi connectivity index (χ0v) is 24.5. The average Bonchev–Trinajstić information content (AvgIpc) is 3.04. The Labute approximate surface area is 253 Å². The quantitative estimate of drug-likeness (QED) is 0.0866. The molecule has 1 aromatic heterocycles. The van der Waals surface area contributed by atoms with Crippen LogP contribution in [0.3, 0.4) is 0 Å². The molecule has 0 radical (unpaired) electrons. The van der Waals surface area contributed by atoms with Crippen molar-refractivity contribution in [2.45, 2.75) is 18.7 Å². The van der Waals surface area contributed by atoms with E-state index in [4.69, 9.17) is 14.2 Å². The first kappa shape index (κ1) is 29.4. The van der Waals surface area contributed by atoms with Crippen molar-refractivity contribution < 1.29 is 19.0 Å². The molecule has 9 nitrogen and oxygen atoms in total. The molecule has 0 aliphatic rings. The summed E-state index contributed by atoms with van der Waals surface area (Å²) in [6, 6.07) is 29.5. The molecule has 4 aromatic carbocycles. The summed E-state index contributed by atoms with van der Waals surface area (Å²) >= 11 is 1.15. The van der Waals surface area contributed by atoms with E-state index in [1.165, 1.54) is 10.8 Å². The average molecular weight is 595 g/mol. The third-order valence-corrected chi connectivity index (χ3v) is 7.25. The van der Waals surface area contributed by atoms with Gasteiger partial charge in [-0.2, -0.15) is 5.10 Å². The van der Waals surface area contributed by atoms with Crippen molar-refractivity contribution in [3.05, 3.63) is 119 Å². The third kappa shape index (κ3) is 7.41. The van der Waals surface area contributed by atoms with E-state index >= 15 is 0 Å². The zero-order valence-electron chi connectivity index (χ0n) is 23.7. The Balaban J connectivity index is 1.27. The number of hydrazone groups is 1. The van der Waals surface area contributed by atoms with Crippen LogP contribution in [0.2, 0.25) is 0 Å². The van der Waals surface area contributed by atoms with Gasteiger partial charge in [-0.1, -0.05) is 54.2 Å². The number of carbonyl (C=O) groups excluding carboxylic acids is 1. The first-order valence-corrected chi connectivity index (χ1v) is 14.6. The van der Waals surface area contributed by atoms with Gasteiger partial charge in [0.1, 0.15) is 12.4 Å². The SMILES string of the molecule is CCOc1ccc(-n2c(SCC(=O)NN=Cc3ccc(OC)c(OCc4ccccc4)c3)nc3ccccc3c2=O)cc1. The van der Waals surface area contributed by atoms with Gasteiger partial charge in [0.05, 0.1) is 42.3 Å². The highest BCUT2D eigenvalue weighted by Gasteiger charge is 2.15. The maximum absolute atomic E-state index is 13.5. The minimum absolute atomic E-state index is 0.00675. The first-order chi connectivity index (χ1) is 21.1. The van der Waals surface area contributed by atoms with Crippen LogP contribution in [0.1, 0.15) is 18.1 Å². The van der Waals surface area contributed by atoms with Crippen molar-refractivity contribution >= 4 is 34.8 Å². The van der Waals surface area contributed by atoms with Gasteiger partial charge >= 0.3 is 0 Å². The van der Waals surface area contributed by atoms with Crippen LogP contribution in [0.15, 0.2) is 112 Å². The van der Waals surface area contributed by atoms with E-state index in [0.29, 0.717) is 52.2 Å². The molecule has 1 heterocycles. The Morgan fingerprint density at radius 3 is 2.49 bits per heavy atom. The fourth-order valence-electron chi connectivity index (χ4n) is 4.26. The highest BCUT2D eigenvalue weighted by atomic mass is 32.2. The molecule has 43 heavy (non-hydrogen) atoms. The van der Waals surface area contributed by atoms with Crippen LogP contribution in [-0.4, -0.2) is 41.1 Å². The van der Waals surface area contributed by atoms with Gasteiger partial charge in [-0.15, -0.1) is 0 Å². The number of carbonyl (C=O) groups is 1. The summed E-state index contributed by atoms with van der Waals surface area (Å²) in [6.07, 6.45) is 1.53. The number of amides is 1. The van der Waals surface area contributed by atoms with Gasteiger partial charge in [0, 0.05) is 0 Å². The second-order valence-electron chi connectivity index (χ2n) is 9.25. The van der Waals surface area contributed by atoms with Gasteiger partial charge in [0.2, 0.25) is 0 Å². The van der Waals surface area contributed by atoms with Gasteiger partial charge in [-0.05, 0) is 72.6 Å². The van der Waals surface area contributed by atoms with E-state index in [1.54, 1.807) is 61.7 Å². The lowest BCUT2D eigenvalue weighted by Gasteiger charge is -2.13. The highest BCUT2D eigenvalue weighted by molar-refractivity contribution is 7.99. The number of aromatic nitrogens is 2. The maximum atomic E-state index is 13.5. The van der Waals surface area contributed by atoms with Gasteiger partial charge in [-0.25, -0.2) is 10.4 Å². The third-order valence-electron chi connectivity index (χ3n) is 6.31. The number of fused-ring (bicyclic) bond motifs is 1. The Morgan fingerprint density at radius 2 is 1.72 bits per heavy atom. The summed E-state index contributed by atoms with van der Waals surface area (Å²) in [6.45, 7) is 2.83. The van der Waals surface area contributed by atoms with Gasteiger partial charge in [0.25, 0.3) is 11.5 Å². The van der Waals surface area contributed by atoms with Crippen LogP contribution >= 0.6 is 11.8 Å². The number of hydrogen-bond acceptors (Lipinski definition) is 8. The Bertz CT molecular complexity index is 1790. The van der Waals surface area contributed by atoms with Crippen molar-refractivity contribution in [1.82, 2.24) is 15.0 Å². The molecule has 0 fully saturated rings. The molecule has 5 rings (SSSR count). The molecule has 0 unspecified atom stereocenters. The van der Waals surface area contributed by atoms with E-state index in [9.17, 15) is 9.59 Å². The number of rotatable bonds is 12. The maximum Gasteiger partial charge on any atom is 0.266 e. The van der Waals surface area contributed by atoms with Gasteiger partial charge in [-0.3, -0.25) is 14.2 Å². The number of para-hydroxylation sites is 1. The summed E-state index contributed by atoms with van der Waals surface area (Å²) in [7, 11) is 1.58. The van der Waals surface area contributed by atoms with E-state index in [2.05, 4.69) is 15.5 Å². The first-order valence-electron chi connectivity index (χ1n) is 13.6. The summed E-state index contributed by atoms with van der Waals surface area (Å²) in [4.78, 5) is 30.9. The molecule has 5 aromatic rings. The summed E-state index contributed by atoms with van der Waals surface area (Å²) in [5, 5.41) is 4.99. The highest BCUT2D eigenvalue weighted by Crippen LogP contribution is 2.28.